The first kappa shape index (κ1) is 15.1. The zero-order valence-electron chi connectivity index (χ0n) is 12.9. The second-order valence-electron chi connectivity index (χ2n) is 6.48. The van der Waals surface area contributed by atoms with Gasteiger partial charge in [-0.3, -0.25) is 4.79 Å². The predicted octanol–water partition coefficient (Wildman–Crippen LogP) is 1.11. The maximum Gasteiger partial charge on any atom is 0.341 e. The summed E-state index contributed by atoms with van der Waals surface area (Å²) in [6, 6.07) is 1.19. The van der Waals surface area contributed by atoms with Crippen molar-refractivity contribution in [1.29, 1.82) is 0 Å². The molecular weight excluding hydrogens is 315 g/mol. The molecule has 1 aliphatic heterocycles. The van der Waals surface area contributed by atoms with E-state index >= 15 is 0 Å². The Hall–Kier alpha value is -2.48. The Morgan fingerprint density at radius 2 is 2.12 bits per heavy atom. The SMILES string of the molecule is N[C@H]1CCN(c2nc3c(cc2F)c(=O)c(C(=O)O)cn3C2CC2)C1. The summed E-state index contributed by atoms with van der Waals surface area (Å²) in [5.41, 5.74) is 5.16. The largest absolute Gasteiger partial charge is 0.477 e. The summed E-state index contributed by atoms with van der Waals surface area (Å²) >= 11 is 0. The molecular formula is C16H17FN4O3. The van der Waals surface area contributed by atoms with E-state index in [0.717, 1.165) is 25.3 Å². The van der Waals surface area contributed by atoms with Gasteiger partial charge in [-0.05, 0) is 25.3 Å². The summed E-state index contributed by atoms with van der Waals surface area (Å²) in [6.07, 6.45) is 3.86. The lowest BCUT2D eigenvalue weighted by Crippen LogP contribution is -2.28. The smallest absolute Gasteiger partial charge is 0.341 e. The number of nitrogens with two attached hydrogens (primary N) is 1. The Balaban J connectivity index is 1.95. The van der Waals surface area contributed by atoms with Gasteiger partial charge in [-0.15, -0.1) is 0 Å². The minimum Gasteiger partial charge on any atom is -0.477 e. The van der Waals surface area contributed by atoms with Crippen molar-refractivity contribution in [1.82, 2.24) is 9.55 Å². The van der Waals surface area contributed by atoms with Gasteiger partial charge in [-0.1, -0.05) is 0 Å². The summed E-state index contributed by atoms with van der Waals surface area (Å²) in [7, 11) is 0. The molecule has 24 heavy (non-hydrogen) atoms. The number of carboxylic acid groups (broad SMARTS) is 1. The van der Waals surface area contributed by atoms with Crippen LogP contribution in [0.25, 0.3) is 11.0 Å². The van der Waals surface area contributed by atoms with E-state index in [-0.39, 0.29) is 28.9 Å². The van der Waals surface area contributed by atoms with Gasteiger partial charge < -0.3 is 20.3 Å². The fourth-order valence-electron chi connectivity index (χ4n) is 3.22. The van der Waals surface area contributed by atoms with Crippen molar-refractivity contribution in [3.8, 4) is 0 Å². The van der Waals surface area contributed by atoms with E-state index in [4.69, 9.17) is 5.73 Å². The van der Waals surface area contributed by atoms with Gasteiger partial charge in [0, 0.05) is 31.4 Å². The number of anilines is 1. The number of halogens is 1. The molecule has 2 aliphatic rings. The first-order valence-corrected chi connectivity index (χ1v) is 7.95. The van der Waals surface area contributed by atoms with E-state index < -0.39 is 17.2 Å². The number of pyridine rings is 2. The van der Waals surface area contributed by atoms with Crippen LogP contribution in [0.3, 0.4) is 0 Å². The highest BCUT2D eigenvalue weighted by atomic mass is 19.1. The molecule has 4 rings (SSSR count). The molecule has 2 aromatic heterocycles. The van der Waals surface area contributed by atoms with Crippen LogP contribution in [-0.2, 0) is 0 Å². The van der Waals surface area contributed by atoms with Crippen LogP contribution in [0.15, 0.2) is 17.1 Å². The maximum absolute atomic E-state index is 14.5. The van der Waals surface area contributed by atoms with Crippen LogP contribution in [0.5, 0.6) is 0 Å². The lowest BCUT2D eigenvalue weighted by atomic mass is 10.2. The Bertz CT molecular complexity index is 906. The van der Waals surface area contributed by atoms with Gasteiger partial charge in [0.1, 0.15) is 11.2 Å². The molecule has 1 aliphatic carbocycles. The van der Waals surface area contributed by atoms with Gasteiger partial charge in [-0.2, -0.15) is 0 Å². The van der Waals surface area contributed by atoms with Crippen molar-refractivity contribution >= 4 is 22.8 Å². The minimum atomic E-state index is -1.31. The standard InChI is InChI=1S/C16H17FN4O3/c17-12-5-10-13(22)11(16(23)24)7-21(9-1-2-9)14(10)19-15(12)20-4-3-8(18)6-20/h5,7-9H,1-4,6,18H2,(H,23,24)/t8-/m0/s1. The van der Waals surface area contributed by atoms with E-state index in [1.807, 2.05) is 0 Å². The summed E-state index contributed by atoms with van der Waals surface area (Å²) in [4.78, 5) is 29.8. The fraction of sp³-hybridized carbons (Fsp3) is 0.438. The molecule has 1 atom stereocenters. The zero-order valence-corrected chi connectivity index (χ0v) is 12.9. The van der Waals surface area contributed by atoms with E-state index in [1.165, 1.54) is 6.20 Å². The molecule has 0 aromatic carbocycles. The van der Waals surface area contributed by atoms with Crippen molar-refractivity contribution in [2.45, 2.75) is 31.3 Å². The molecule has 0 radical (unpaired) electrons. The second-order valence-corrected chi connectivity index (χ2v) is 6.48. The highest BCUT2D eigenvalue weighted by Crippen LogP contribution is 2.37. The Kier molecular flexibility index (Phi) is 3.31. The van der Waals surface area contributed by atoms with Gasteiger partial charge in [-0.25, -0.2) is 14.2 Å². The van der Waals surface area contributed by atoms with Crippen LogP contribution >= 0.6 is 0 Å². The molecule has 0 bridgehead atoms. The molecule has 8 heteroatoms. The Morgan fingerprint density at radius 3 is 2.71 bits per heavy atom. The number of hydrogen-bond donors (Lipinski definition) is 2. The number of carbonyl (C=O) groups is 1. The van der Waals surface area contributed by atoms with Gasteiger partial charge in [0.05, 0.1) is 5.39 Å². The monoisotopic (exact) mass is 332 g/mol. The normalized spacial score (nSPS) is 20.8. The molecule has 7 nitrogen and oxygen atoms in total. The number of aromatic nitrogens is 2. The number of rotatable bonds is 3. The van der Waals surface area contributed by atoms with Gasteiger partial charge in [0.15, 0.2) is 11.6 Å². The third-order valence-corrected chi connectivity index (χ3v) is 4.63. The first-order chi connectivity index (χ1) is 11.5. The maximum atomic E-state index is 14.5. The molecule has 2 aromatic rings. The van der Waals surface area contributed by atoms with Crippen LogP contribution < -0.4 is 16.1 Å². The van der Waals surface area contributed by atoms with Gasteiger partial charge in [0.25, 0.3) is 0 Å². The van der Waals surface area contributed by atoms with Gasteiger partial charge in [0.2, 0.25) is 5.43 Å². The van der Waals surface area contributed by atoms with E-state index in [2.05, 4.69) is 4.98 Å². The minimum absolute atomic E-state index is 0.00606. The lowest BCUT2D eigenvalue weighted by Gasteiger charge is -2.19. The average Bonchev–Trinajstić information content (AvgIpc) is 3.28. The van der Waals surface area contributed by atoms with E-state index in [0.29, 0.717) is 18.7 Å². The third kappa shape index (κ3) is 2.34. The summed E-state index contributed by atoms with van der Waals surface area (Å²) in [6.45, 7) is 1.12. The molecule has 3 N–H and O–H groups in total. The summed E-state index contributed by atoms with van der Waals surface area (Å²) < 4.78 is 16.2. The van der Waals surface area contributed by atoms with Crippen LogP contribution in [0, 0.1) is 5.82 Å². The van der Waals surface area contributed by atoms with Crippen molar-refractivity contribution < 1.29 is 14.3 Å². The third-order valence-electron chi connectivity index (χ3n) is 4.63. The van der Waals surface area contributed by atoms with Gasteiger partial charge >= 0.3 is 5.97 Å². The quantitative estimate of drug-likeness (QED) is 0.873. The number of nitrogens with zero attached hydrogens (tertiary/aromatic N) is 3. The molecule has 2 fully saturated rings. The van der Waals surface area contributed by atoms with Crippen LogP contribution in [0.2, 0.25) is 0 Å². The first-order valence-electron chi connectivity index (χ1n) is 7.95. The van der Waals surface area contributed by atoms with Crippen molar-refractivity contribution in [3.05, 3.63) is 33.9 Å². The van der Waals surface area contributed by atoms with Crippen LogP contribution in [0.4, 0.5) is 10.2 Å². The molecule has 126 valence electrons. The Labute approximate surface area is 136 Å². The fourth-order valence-corrected chi connectivity index (χ4v) is 3.22. The topological polar surface area (TPSA) is 101 Å². The average molecular weight is 332 g/mol. The number of hydrogen-bond acceptors (Lipinski definition) is 5. The molecule has 1 saturated carbocycles. The summed E-state index contributed by atoms with van der Waals surface area (Å²) in [5, 5.41) is 9.23. The molecule has 0 unspecified atom stereocenters. The molecule has 1 saturated heterocycles. The lowest BCUT2D eigenvalue weighted by molar-refractivity contribution is 0.0695. The van der Waals surface area contributed by atoms with Crippen molar-refractivity contribution in [3.63, 3.8) is 0 Å². The Morgan fingerprint density at radius 1 is 1.38 bits per heavy atom. The van der Waals surface area contributed by atoms with Crippen molar-refractivity contribution in [2.24, 2.45) is 5.73 Å². The molecule has 0 spiro atoms. The van der Waals surface area contributed by atoms with Crippen molar-refractivity contribution in [2.75, 3.05) is 18.0 Å². The number of aromatic carboxylic acids is 1. The number of fused-ring (bicyclic) bond motifs is 1. The second kappa shape index (κ2) is 5.27. The van der Waals surface area contributed by atoms with Crippen LogP contribution in [0.1, 0.15) is 35.7 Å². The molecule has 0 amide bonds. The highest BCUT2D eigenvalue weighted by Gasteiger charge is 2.29. The van der Waals surface area contributed by atoms with Crippen LogP contribution in [-0.4, -0.2) is 39.8 Å². The predicted molar refractivity (Wildman–Crippen MR) is 86.0 cm³/mol. The molecule has 3 heterocycles. The number of carboxylic acids is 1. The summed E-state index contributed by atoms with van der Waals surface area (Å²) in [5.74, 6) is -1.77. The highest BCUT2D eigenvalue weighted by molar-refractivity contribution is 5.92. The van der Waals surface area contributed by atoms with E-state index in [1.54, 1.807) is 9.47 Å². The zero-order chi connectivity index (χ0) is 17.0. The van der Waals surface area contributed by atoms with E-state index in [9.17, 15) is 19.1 Å².